The molecule has 0 aliphatic heterocycles. The van der Waals surface area contributed by atoms with Crippen LogP contribution in [0.2, 0.25) is 0 Å². The lowest BCUT2D eigenvalue weighted by Gasteiger charge is -2.13. The van der Waals surface area contributed by atoms with Crippen LogP contribution in [0.15, 0.2) is 109 Å². The molecule has 0 spiro atoms. The predicted molar refractivity (Wildman–Crippen MR) is 230 cm³/mol. The van der Waals surface area contributed by atoms with Gasteiger partial charge in [0.15, 0.2) is 0 Å². The minimum atomic E-state index is -0.347. The van der Waals surface area contributed by atoms with Crippen molar-refractivity contribution < 1.29 is 19.1 Å². The summed E-state index contributed by atoms with van der Waals surface area (Å²) in [6.45, 7) is 5.22. The Kier molecular flexibility index (Phi) is 15.2. The van der Waals surface area contributed by atoms with Crippen molar-refractivity contribution in [2.24, 2.45) is 0 Å². The quantitative estimate of drug-likeness (QED) is 0.0539. The van der Waals surface area contributed by atoms with E-state index in [0.717, 1.165) is 82.9 Å². The normalized spacial score (nSPS) is 11.2. The van der Waals surface area contributed by atoms with E-state index < -0.39 is 0 Å². The number of carbonyl (C=O) groups is 2. The number of benzene rings is 4. The van der Waals surface area contributed by atoms with Gasteiger partial charge in [-0.1, -0.05) is 164 Å². The Morgan fingerprint density at radius 3 is 1.20 bits per heavy atom. The maximum Gasteiger partial charge on any atom is 0.338 e. The average molecular weight is 749 g/mol. The first-order valence-electron chi connectivity index (χ1n) is 20.9. The summed E-state index contributed by atoms with van der Waals surface area (Å²) < 4.78 is 11.8. The summed E-state index contributed by atoms with van der Waals surface area (Å²) in [6.07, 6.45) is 16.1. The first-order chi connectivity index (χ1) is 27.6. The topological polar surface area (TPSA) is 78.4 Å². The Labute approximate surface area is 332 Å². The van der Waals surface area contributed by atoms with Crippen molar-refractivity contribution in [2.75, 3.05) is 13.2 Å². The Hall–Kier alpha value is -5.36. The number of unbranched alkanes of at least 4 members (excludes halogenated alkanes) is 12. The van der Waals surface area contributed by atoms with Crippen molar-refractivity contribution in [1.82, 2.24) is 9.97 Å². The fourth-order valence-electron chi connectivity index (χ4n) is 7.27. The molecule has 6 heteroatoms. The van der Waals surface area contributed by atoms with E-state index in [4.69, 9.17) is 19.4 Å². The second kappa shape index (κ2) is 21.1. The Balaban J connectivity index is 1.29. The zero-order valence-corrected chi connectivity index (χ0v) is 33.2. The van der Waals surface area contributed by atoms with Crippen molar-refractivity contribution in [3.05, 3.63) is 120 Å². The Bertz CT molecular complexity index is 2020. The van der Waals surface area contributed by atoms with Gasteiger partial charge in [-0.15, -0.1) is 0 Å². The highest BCUT2D eigenvalue weighted by molar-refractivity contribution is 6.07. The highest BCUT2D eigenvalue weighted by Gasteiger charge is 2.19. The molecule has 0 saturated carbocycles. The van der Waals surface area contributed by atoms with Gasteiger partial charge in [0.05, 0.1) is 46.8 Å². The fourth-order valence-corrected chi connectivity index (χ4v) is 7.27. The van der Waals surface area contributed by atoms with Crippen molar-refractivity contribution in [1.29, 1.82) is 0 Å². The second-order valence-electron chi connectivity index (χ2n) is 14.8. The van der Waals surface area contributed by atoms with Gasteiger partial charge in [-0.05, 0) is 60.4 Å². The smallest absolute Gasteiger partial charge is 0.338 e. The van der Waals surface area contributed by atoms with Gasteiger partial charge in [0.2, 0.25) is 0 Å². The van der Waals surface area contributed by atoms with E-state index in [-0.39, 0.29) is 11.9 Å². The van der Waals surface area contributed by atoms with Crippen molar-refractivity contribution >= 4 is 33.7 Å². The van der Waals surface area contributed by atoms with Crippen LogP contribution in [0.5, 0.6) is 0 Å². The molecule has 0 radical (unpaired) electrons. The zero-order valence-electron chi connectivity index (χ0n) is 33.2. The SMILES string of the molecule is CCCCCCCCCOC(=O)c1cc(-c2ccccc2)nc2ccc(-c3ccc4nc(-c5ccccc5)cc(C(=O)OCCCCCCCCC)c4c3)cc12. The standard InChI is InChI=1S/C50H56N2O4/c1-3-5-7-9-11-13-21-31-55-49(53)43-35-47(37-23-17-15-18-24-37)51-45-29-27-39(33-41(43)45)40-28-30-46-42(34-40)44(36-48(52-46)38-25-19-16-20-26-38)50(54)56-32-22-14-12-10-8-6-4-2/h15-20,23-30,33-36H,3-14,21-22,31-32H2,1-2H3. The molecule has 6 rings (SSSR count). The molecule has 2 heterocycles. The van der Waals surface area contributed by atoms with Crippen LogP contribution in [0.1, 0.15) is 124 Å². The summed E-state index contributed by atoms with van der Waals surface area (Å²) in [5.74, 6) is -0.695. The number of carbonyl (C=O) groups excluding carboxylic acids is 2. The van der Waals surface area contributed by atoms with Crippen LogP contribution >= 0.6 is 0 Å². The van der Waals surface area contributed by atoms with Gasteiger partial charge in [0.1, 0.15) is 0 Å². The Morgan fingerprint density at radius 1 is 0.429 bits per heavy atom. The number of nitrogens with zero attached hydrogens (tertiary/aromatic N) is 2. The molecule has 0 atom stereocenters. The van der Waals surface area contributed by atoms with E-state index in [1.54, 1.807) is 0 Å². The van der Waals surface area contributed by atoms with E-state index in [0.29, 0.717) is 35.4 Å². The summed E-state index contributed by atoms with van der Waals surface area (Å²) in [5.41, 5.74) is 7.50. The molecule has 0 N–H and O–H groups in total. The molecular formula is C50H56N2O4. The zero-order chi connectivity index (χ0) is 39.0. The van der Waals surface area contributed by atoms with Crippen LogP contribution in [0.3, 0.4) is 0 Å². The number of rotatable bonds is 21. The largest absolute Gasteiger partial charge is 0.462 e. The third-order valence-corrected chi connectivity index (χ3v) is 10.5. The van der Waals surface area contributed by atoms with E-state index in [2.05, 4.69) is 13.8 Å². The maximum atomic E-state index is 13.8. The summed E-state index contributed by atoms with van der Waals surface area (Å²) in [7, 11) is 0. The highest BCUT2D eigenvalue weighted by atomic mass is 16.5. The van der Waals surface area contributed by atoms with E-state index in [1.807, 2.05) is 109 Å². The van der Waals surface area contributed by atoms with Gasteiger partial charge in [0.25, 0.3) is 0 Å². The lowest BCUT2D eigenvalue weighted by molar-refractivity contribution is 0.0490. The number of pyridine rings is 2. The van der Waals surface area contributed by atoms with Gasteiger partial charge in [-0.3, -0.25) is 0 Å². The number of aromatic nitrogens is 2. The van der Waals surface area contributed by atoms with Gasteiger partial charge >= 0.3 is 11.9 Å². The summed E-state index contributed by atoms with van der Waals surface area (Å²) in [6, 6.07) is 35.5. The van der Waals surface area contributed by atoms with Crippen LogP contribution < -0.4 is 0 Å². The van der Waals surface area contributed by atoms with Crippen LogP contribution in [-0.4, -0.2) is 35.1 Å². The Morgan fingerprint density at radius 2 is 0.804 bits per heavy atom. The van der Waals surface area contributed by atoms with Crippen LogP contribution in [0.25, 0.3) is 55.4 Å². The summed E-state index contributed by atoms with van der Waals surface area (Å²) in [4.78, 5) is 37.5. The predicted octanol–water partition coefficient (Wildman–Crippen LogP) is 13.6. The van der Waals surface area contributed by atoms with Gasteiger partial charge in [-0.25, -0.2) is 19.6 Å². The van der Waals surface area contributed by atoms with E-state index in [9.17, 15) is 9.59 Å². The first kappa shape index (κ1) is 40.3. The molecule has 4 aromatic carbocycles. The van der Waals surface area contributed by atoms with Crippen LogP contribution in [-0.2, 0) is 9.47 Å². The third kappa shape index (κ3) is 10.9. The van der Waals surface area contributed by atoms with Gasteiger partial charge < -0.3 is 9.47 Å². The van der Waals surface area contributed by atoms with Crippen molar-refractivity contribution in [3.8, 4) is 33.6 Å². The number of esters is 2. The molecule has 6 aromatic rings. The molecule has 0 aliphatic carbocycles. The number of hydrogen-bond donors (Lipinski definition) is 0. The molecule has 290 valence electrons. The third-order valence-electron chi connectivity index (χ3n) is 10.5. The second-order valence-corrected chi connectivity index (χ2v) is 14.8. The summed E-state index contributed by atoms with van der Waals surface area (Å²) >= 11 is 0. The molecular weight excluding hydrogens is 693 g/mol. The molecule has 0 saturated heterocycles. The fraction of sp³-hybridized carbons (Fsp3) is 0.360. The lowest BCUT2D eigenvalue weighted by atomic mass is 9.96. The lowest BCUT2D eigenvalue weighted by Crippen LogP contribution is -2.08. The minimum Gasteiger partial charge on any atom is -0.462 e. The van der Waals surface area contributed by atoms with Gasteiger partial charge in [0, 0.05) is 21.9 Å². The number of hydrogen-bond acceptors (Lipinski definition) is 6. The molecule has 0 unspecified atom stereocenters. The molecule has 2 aromatic heterocycles. The van der Waals surface area contributed by atoms with Crippen LogP contribution in [0.4, 0.5) is 0 Å². The minimum absolute atomic E-state index is 0.347. The number of ether oxygens (including phenoxy) is 2. The molecule has 56 heavy (non-hydrogen) atoms. The molecule has 6 nitrogen and oxygen atoms in total. The average Bonchev–Trinajstić information content (AvgIpc) is 3.24. The molecule has 0 bridgehead atoms. The van der Waals surface area contributed by atoms with Crippen LogP contribution in [0, 0.1) is 0 Å². The molecule has 0 amide bonds. The monoisotopic (exact) mass is 748 g/mol. The molecule has 0 aliphatic rings. The van der Waals surface area contributed by atoms with Crippen molar-refractivity contribution in [3.63, 3.8) is 0 Å². The van der Waals surface area contributed by atoms with E-state index in [1.165, 1.54) is 51.4 Å². The van der Waals surface area contributed by atoms with Crippen molar-refractivity contribution in [2.45, 2.75) is 104 Å². The molecule has 0 fully saturated rings. The summed E-state index contributed by atoms with van der Waals surface area (Å²) in [5, 5.41) is 1.44. The first-order valence-corrected chi connectivity index (χ1v) is 20.9. The highest BCUT2D eigenvalue weighted by Crippen LogP contribution is 2.33. The van der Waals surface area contributed by atoms with Gasteiger partial charge in [-0.2, -0.15) is 0 Å². The van der Waals surface area contributed by atoms with E-state index >= 15 is 0 Å². The number of fused-ring (bicyclic) bond motifs is 2. The maximum absolute atomic E-state index is 13.8.